The Hall–Kier alpha value is -1.28. The van der Waals surface area contributed by atoms with Crippen molar-refractivity contribution in [3.63, 3.8) is 0 Å². The van der Waals surface area contributed by atoms with Crippen molar-refractivity contribution in [2.24, 2.45) is 0 Å². The Kier molecular flexibility index (Phi) is 2.28. The third kappa shape index (κ3) is 1.59. The van der Waals surface area contributed by atoms with Crippen LogP contribution in [0.5, 0.6) is 0 Å². The molecule has 5 heteroatoms. The second-order valence-electron chi connectivity index (χ2n) is 1.72. The monoisotopic (exact) mass is 166 g/mol. The minimum Gasteiger partial charge on any atom is -0.306 e. The van der Waals surface area contributed by atoms with E-state index in [1.807, 2.05) is 0 Å². The van der Waals surface area contributed by atoms with Gasteiger partial charge in [0.15, 0.2) is 5.69 Å². The van der Waals surface area contributed by atoms with Crippen LogP contribution in [0.25, 0.3) is 0 Å². The molecule has 1 aromatic rings. The number of hydrogen-bond acceptors (Lipinski definition) is 4. The summed E-state index contributed by atoms with van der Waals surface area (Å²) in [6, 6.07) is 0. The van der Waals surface area contributed by atoms with E-state index in [9.17, 15) is 0 Å². The SMILES string of the molecule is CC#Cc1nn(S)nc1C=N. The molecule has 0 aliphatic heterocycles. The topological polar surface area (TPSA) is 54.6 Å². The molecule has 0 saturated heterocycles. The molecule has 0 amide bonds. The van der Waals surface area contributed by atoms with E-state index < -0.39 is 0 Å². The van der Waals surface area contributed by atoms with E-state index in [-0.39, 0.29) is 0 Å². The number of nitrogens with one attached hydrogen (secondary N) is 1. The molecule has 0 atom stereocenters. The van der Waals surface area contributed by atoms with Gasteiger partial charge in [0, 0.05) is 6.21 Å². The van der Waals surface area contributed by atoms with Crippen LogP contribution < -0.4 is 0 Å². The molecule has 0 aromatic carbocycles. The highest BCUT2D eigenvalue weighted by Gasteiger charge is 2.02. The first-order valence-electron chi connectivity index (χ1n) is 2.87. The van der Waals surface area contributed by atoms with E-state index >= 15 is 0 Å². The first kappa shape index (κ1) is 7.82. The van der Waals surface area contributed by atoms with Crippen LogP contribution >= 0.6 is 12.8 Å². The fraction of sp³-hybridized carbons (Fsp3) is 0.167. The summed E-state index contributed by atoms with van der Waals surface area (Å²) in [4.78, 5) is 0. The highest BCUT2D eigenvalue weighted by molar-refractivity contribution is 7.78. The molecule has 0 aliphatic rings. The van der Waals surface area contributed by atoms with Gasteiger partial charge in [0.2, 0.25) is 0 Å². The van der Waals surface area contributed by atoms with Crippen LogP contribution in [0, 0.1) is 17.3 Å². The van der Waals surface area contributed by atoms with E-state index in [1.165, 1.54) is 0 Å². The van der Waals surface area contributed by atoms with E-state index in [0.29, 0.717) is 11.4 Å². The summed E-state index contributed by atoms with van der Waals surface area (Å²) in [6.45, 7) is 1.70. The highest BCUT2D eigenvalue weighted by atomic mass is 32.1. The van der Waals surface area contributed by atoms with Gasteiger partial charge in [-0.25, -0.2) is 0 Å². The lowest BCUT2D eigenvalue weighted by Gasteiger charge is -1.76. The Bertz CT molecular complexity index is 330. The van der Waals surface area contributed by atoms with Crippen LogP contribution in [0.15, 0.2) is 0 Å². The summed E-state index contributed by atoms with van der Waals surface area (Å²) in [6.07, 6.45) is 1.10. The van der Waals surface area contributed by atoms with Gasteiger partial charge in [0.1, 0.15) is 5.69 Å². The van der Waals surface area contributed by atoms with Gasteiger partial charge in [-0.15, -0.1) is 14.4 Å². The fourth-order valence-corrected chi connectivity index (χ4v) is 0.797. The highest BCUT2D eigenvalue weighted by Crippen LogP contribution is 1.97. The summed E-state index contributed by atoms with van der Waals surface area (Å²) >= 11 is 3.85. The van der Waals surface area contributed by atoms with Gasteiger partial charge >= 0.3 is 0 Å². The van der Waals surface area contributed by atoms with Gasteiger partial charge in [-0.2, -0.15) is 0 Å². The Morgan fingerprint density at radius 1 is 1.64 bits per heavy atom. The Morgan fingerprint density at radius 3 is 2.91 bits per heavy atom. The predicted octanol–water partition coefficient (Wildman–Crippen LogP) is 0.340. The lowest BCUT2D eigenvalue weighted by molar-refractivity contribution is 0.867. The molecule has 1 rings (SSSR count). The molecule has 1 N–H and O–H groups in total. The molecule has 4 nitrogen and oxygen atoms in total. The lowest BCUT2D eigenvalue weighted by Crippen LogP contribution is -1.85. The summed E-state index contributed by atoms with van der Waals surface area (Å²) < 4.78 is 1.10. The second kappa shape index (κ2) is 3.21. The van der Waals surface area contributed by atoms with Gasteiger partial charge in [-0.1, -0.05) is 5.92 Å². The number of thiol groups is 1. The van der Waals surface area contributed by atoms with Crippen molar-refractivity contribution in [3.05, 3.63) is 11.4 Å². The van der Waals surface area contributed by atoms with Gasteiger partial charge in [0.25, 0.3) is 0 Å². The van der Waals surface area contributed by atoms with Crippen molar-refractivity contribution in [3.8, 4) is 11.8 Å². The largest absolute Gasteiger partial charge is 0.306 e. The normalized spacial score (nSPS) is 8.55. The molecule has 0 bridgehead atoms. The molecule has 0 aliphatic carbocycles. The Morgan fingerprint density at radius 2 is 2.36 bits per heavy atom. The van der Waals surface area contributed by atoms with Crippen molar-refractivity contribution in [1.29, 1.82) is 5.41 Å². The molecule has 0 saturated carbocycles. The van der Waals surface area contributed by atoms with Crippen molar-refractivity contribution in [2.75, 3.05) is 0 Å². The average Bonchev–Trinajstić information content (AvgIpc) is 2.32. The van der Waals surface area contributed by atoms with Crippen LogP contribution in [-0.2, 0) is 0 Å². The first-order chi connectivity index (χ1) is 5.27. The summed E-state index contributed by atoms with van der Waals surface area (Å²) in [5, 5.41) is 14.5. The third-order valence-electron chi connectivity index (χ3n) is 1.01. The quantitative estimate of drug-likeness (QED) is 0.359. The van der Waals surface area contributed by atoms with E-state index in [1.54, 1.807) is 6.92 Å². The van der Waals surface area contributed by atoms with Crippen LogP contribution in [0.4, 0.5) is 0 Å². The van der Waals surface area contributed by atoms with E-state index in [0.717, 1.165) is 10.4 Å². The molecule has 56 valence electrons. The number of nitrogens with zero attached hydrogens (tertiary/aromatic N) is 3. The first-order valence-corrected chi connectivity index (χ1v) is 3.27. The van der Waals surface area contributed by atoms with Crippen LogP contribution in [-0.4, -0.2) is 20.6 Å². The summed E-state index contributed by atoms with van der Waals surface area (Å²) in [5.41, 5.74) is 0.923. The third-order valence-corrected chi connectivity index (χ3v) is 1.19. The molecule has 1 heterocycles. The zero-order chi connectivity index (χ0) is 8.27. The van der Waals surface area contributed by atoms with Crippen molar-refractivity contribution in [2.45, 2.75) is 6.92 Å². The summed E-state index contributed by atoms with van der Waals surface area (Å²) in [7, 11) is 0. The maximum atomic E-state index is 6.93. The molecule has 0 spiro atoms. The van der Waals surface area contributed by atoms with Crippen LogP contribution in [0.1, 0.15) is 18.3 Å². The smallest absolute Gasteiger partial charge is 0.165 e. The lowest BCUT2D eigenvalue weighted by atomic mass is 10.3. The van der Waals surface area contributed by atoms with E-state index in [4.69, 9.17) is 5.41 Å². The number of hydrogen-bond donors (Lipinski definition) is 2. The minimum atomic E-state index is 0.439. The molecular formula is C6H6N4S. The fourth-order valence-electron chi connectivity index (χ4n) is 0.611. The molecule has 0 fully saturated rings. The van der Waals surface area contributed by atoms with Crippen molar-refractivity contribution in [1.82, 2.24) is 14.4 Å². The maximum absolute atomic E-state index is 6.93. The zero-order valence-corrected chi connectivity index (χ0v) is 6.76. The predicted molar refractivity (Wildman–Crippen MR) is 44.8 cm³/mol. The van der Waals surface area contributed by atoms with Gasteiger partial charge in [0.05, 0.1) is 0 Å². The standard InChI is InChI=1S/C6H6N4S/c1-2-3-5-6(4-7)9-10(11)8-5/h4,7,11H,1H3. The number of rotatable bonds is 1. The van der Waals surface area contributed by atoms with Gasteiger partial charge in [-0.3, -0.25) is 0 Å². The zero-order valence-electron chi connectivity index (χ0n) is 5.87. The minimum absolute atomic E-state index is 0.439. The van der Waals surface area contributed by atoms with Crippen LogP contribution in [0.2, 0.25) is 0 Å². The van der Waals surface area contributed by atoms with Gasteiger partial charge < -0.3 is 5.41 Å². The molecule has 1 aromatic heterocycles. The molecular weight excluding hydrogens is 160 g/mol. The summed E-state index contributed by atoms with van der Waals surface area (Å²) in [5.74, 6) is 5.37. The maximum Gasteiger partial charge on any atom is 0.165 e. The number of aromatic nitrogens is 3. The van der Waals surface area contributed by atoms with Gasteiger partial charge in [-0.05, 0) is 25.7 Å². The molecule has 11 heavy (non-hydrogen) atoms. The second-order valence-corrected chi connectivity index (χ2v) is 2.08. The van der Waals surface area contributed by atoms with E-state index in [2.05, 4.69) is 34.9 Å². The van der Waals surface area contributed by atoms with Crippen molar-refractivity contribution >= 4 is 19.0 Å². The average molecular weight is 166 g/mol. The molecule has 0 unspecified atom stereocenters. The Balaban J connectivity index is 3.18. The Labute approximate surface area is 69.7 Å². The van der Waals surface area contributed by atoms with Crippen molar-refractivity contribution < 1.29 is 0 Å². The van der Waals surface area contributed by atoms with Crippen LogP contribution in [0.3, 0.4) is 0 Å². The molecule has 0 radical (unpaired) electrons.